The summed E-state index contributed by atoms with van der Waals surface area (Å²) in [7, 11) is -3.61. The number of fused-ring (bicyclic) bond motifs is 2. The Labute approximate surface area is 519 Å². The van der Waals surface area contributed by atoms with Gasteiger partial charge in [-0.05, 0) is 69.2 Å². The summed E-state index contributed by atoms with van der Waals surface area (Å²) in [5.41, 5.74) is 11.8. The van der Waals surface area contributed by atoms with E-state index in [4.69, 9.17) is 51.8 Å². The molecule has 5 aromatic rings. The van der Waals surface area contributed by atoms with Gasteiger partial charge in [0.1, 0.15) is 55.9 Å². The number of alkyl carbamates (subject to hydrolysis) is 2. The van der Waals surface area contributed by atoms with Crippen molar-refractivity contribution in [3.8, 4) is 0 Å². The lowest BCUT2D eigenvalue weighted by Crippen LogP contribution is -2.70. The summed E-state index contributed by atoms with van der Waals surface area (Å²) >= 11 is 0. The van der Waals surface area contributed by atoms with E-state index >= 15 is 0 Å². The van der Waals surface area contributed by atoms with E-state index < -0.39 is 130 Å². The Kier molecular flexibility index (Phi) is 20.5. The first-order valence-electron chi connectivity index (χ1n) is 31.0. The number of esters is 1. The molecule has 21 nitrogen and oxygen atoms in total. The number of carbonyl (C=O) groups is 3. The monoisotopic (exact) mass is 1240 g/mol. The van der Waals surface area contributed by atoms with Gasteiger partial charge >= 0.3 is 18.2 Å². The van der Waals surface area contributed by atoms with E-state index in [2.05, 4.69) is 65.7 Å². The summed E-state index contributed by atoms with van der Waals surface area (Å²) < 4.78 is 75.1. The lowest BCUT2D eigenvalue weighted by molar-refractivity contribution is -0.309. The average molecular weight is 1240 g/mol. The molecule has 1 saturated carbocycles. The van der Waals surface area contributed by atoms with Crippen molar-refractivity contribution in [1.82, 2.24) is 10.6 Å². The van der Waals surface area contributed by atoms with E-state index in [-0.39, 0.29) is 50.5 Å². The van der Waals surface area contributed by atoms with Gasteiger partial charge in [0.2, 0.25) is 0 Å². The number of azide groups is 1. The van der Waals surface area contributed by atoms with E-state index in [1.807, 2.05) is 141 Å². The second kappa shape index (κ2) is 28.6. The second-order valence-electron chi connectivity index (χ2n) is 25.0. The highest BCUT2D eigenvalue weighted by Gasteiger charge is 2.61. The number of nitrogens with zero attached hydrogens (tertiary/aromatic N) is 3. The fourth-order valence-corrected chi connectivity index (χ4v) is 18.4. The molecule has 1 unspecified atom stereocenters. The summed E-state index contributed by atoms with van der Waals surface area (Å²) in [5, 5.41) is 34.9. The van der Waals surface area contributed by atoms with Gasteiger partial charge in [-0.3, -0.25) is 4.79 Å². The predicted molar refractivity (Wildman–Crippen MR) is 326 cm³/mol. The normalized spacial score (nSPS) is 32.7. The van der Waals surface area contributed by atoms with E-state index in [1.165, 1.54) is 0 Å². The third kappa shape index (κ3) is 14.4. The maximum Gasteiger partial charge on any atom is 0.407 e. The molecule has 6 aliphatic rings. The highest BCUT2D eigenvalue weighted by Crippen LogP contribution is 2.47. The molecule has 474 valence electrons. The zero-order valence-corrected chi connectivity index (χ0v) is 51.7. The molecule has 0 aromatic heterocycles. The Morgan fingerprint density at radius 3 is 1.82 bits per heavy atom. The van der Waals surface area contributed by atoms with Gasteiger partial charge in [0.05, 0.1) is 55.6 Å². The van der Waals surface area contributed by atoms with Crippen molar-refractivity contribution < 1.29 is 76.4 Å². The van der Waals surface area contributed by atoms with E-state index in [0.29, 0.717) is 25.7 Å². The number of hydrogen-bond donors (Lipinski definition) is 4. The summed E-state index contributed by atoms with van der Waals surface area (Å²) in [6.07, 6.45) is -14.9. The quantitative estimate of drug-likeness (QED) is 0.0142. The number of aliphatic hydroxyl groups is 2. The first-order valence-corrected chi connectivity index (χ1v) is 32.9. The molecule has 22 heteroatoms. The third-order valence-corrected chi connectivity index (χ3v) is 23.1. The van der Waals surface area contributed by atoms with Crippen LogP contribution in [0.25, 0.3) is 10.4 Å². The Morgan fingerprint density at radius 2 is 1.22 bits per heavy atom. The number of carbonyl (C=O) groups excluding carboxylic acids is 3. The minimum atomic E-state index is -3.61. The number of rotatable bonds is 20. The Balaban J connectivity index is 0.967. The van der Waals surface area contributed by atoms with Crippen LogP contribution in [0.1, 0.15) is 95.9 Å². The molecular formula is C67H81N5O16Si. The lowest BCUT2D eigenvalue weighted by atomic mass is 9.76. The number of benzene rings is 5. The number of nitrogens with one attached hydrogen (secondary N) is 2. The molecule has 89 heavy (non-hydrogen) atoms. The fourth-order valence-electron chi connectivity index (χ4n) is 13.8. The maximum atomic E-state index is 14.1. The van der Waals surface area contributed by atoms with Crippen molar-refractivity contribution in [3.05, 3.63) is 179 Å². The van der Waals surface area contributed by atoms with Crippen LogP contribution in [0, 0.1) is 11.8 Å². The standard InChI is InChI=1S/C67H81N5O16Si/c1-6-49-59(86-63-54(71-66(77)79-39-42-24-14-8-15-25-42)55(75)58-51(82-63)33-32-50(80-58)43-26-16-9-17-27-43)61(88-89(67(3,4)5,45-28-18-10-19-29-45)46-30-20-11-21-31-46)64(81-49)87-60-56(40(2)34-44-35-53(74)84-57(44)60)85-62-47(36-48(73)52(83-62)37-69-72-68)70-65(76)78-38-41-22-12-7-13-23-41/h7-31,40,44,47-52,54-64,73,75H,6,32-39H2,1-5H3,(H,70,76)(H,71,77)/t40-,44-,47+,48-,49+,50?,51-,52+,54+,55+,56+,57-,58+,59+,60-,61+,62+,63+,64-/m0/s1. The van der Waals surface area contributed by atoms with Crippen LogP contribution in [0.15, 0.2) is 157 Å². The Hall–Kier alpha value is -6.76. The molecule has 19 atom stereocenters. The fraction of sp³-hybridized carbons (Fsp3) is 0.507. The average Bonchev–Trinajstić information content (AvgIpc) is 1.68. The molecule has 1 aliphatic carbocycles. The topological polar surface area (TPSA) is 266 Å². The summed E-state index contributed by atoms with van der Waals surface area (Å²) in [5.74, 6) is -1.07. The Bertz CT molecular complexity index is 3130. The van der Waals surface area contributed by atoms with Crippen LogP contribution in [0.4, 0.5) is 9.59 Å². The largest absolute Gasteiger partial charge is 0.459 e. The number of ether oxygens (including phenoxy) is 10. The van der Waals surface area contributed by atoms with Gasteiger partial charge in [0.15, 0.2) is 18.9 Å². The summed E-state index contributed by atoms with van der Waals surface area (Å²) in [6, 6.07) is 46.1. The first-order chi connectivity index (χ1) is 43.1. The zero-order valence-electron chi connectivity index (χ0n) is 50.7. The van der Waals surface area contributed by atoms with Crippen molar-refractivity contribution in [3.63, 3.8) is 0 Å². The second-order valence-corrected chi connectivity index (χ2v) is 29.3. The highest BCUT2D eigenvalue weighted by molar-refractivity contribution is 6.99. The predicted octanol–water partition coefficient (Wildman–Crippen LogP) is 8.58. The van der Waals surface area contributed by atoms with Crippen molar-refractivity contribution in [1.29, 1.82) is 0 Å². The molecule has 5 aliphatic heterocycles. The van der Waals surface area contributed by atoms with Crippen LogP contribution in [0.3, 0.4) is 0 Å². The van der Waals surface area contributed by atoms with Gasteiger partial charge in [-0.2, -0.15) is 0 Å². The van der Waals surface area contributed by atoms with Crippen LogP contribution < -0.4 is 21.0 Å². The van der Waals surface area contributed by atoms with Crippen molar-refractivity contribution in [2.75, 3.05) is 6.54 Å². The molecule has 11 rings (SSSR count). The van der Waals surface area contributed by atoms with Gasteiger partial charge in [0.25, 0.3) is 8.32 Å². The van der Waals surface area contributed by atoms with E-state index in [0.717, 1.165) is 27.1 Å². The van der Waals surface area contributed by atoms with Crippen LogP contribution in [-0.4, -0.2) is 141 Å². The van der Waals surface area contributed by atoms with Crippen LogP contribution in [0.5, 0.6) is 0 Å². The number of amides is 2. The Morgan fingerprint density at radius 1 is 0.663 bits per heavy atom. The van der Waals surface area contributed by atoms with Crippen molar-refractivity contribution >= 4 is 36.8 Å². The first kappa shape index (κ1) is 63.8. The molecule has 0 spiro atoms. The smallest absolute Gasteiger partial charge is 0.407 e. The minimum absolute atomic E-state index is 0.0313. The summed E-state index contributed by atoms with van der Waals surface area (Å²) in [4.78, 5) is 44.2. The van der Waals surface area contributed by atoms with E-state index in [1.54, 1.807) is 0 Å². The molecule has 5 heterocycles. The van der Waals surface area contributed by atoms with Gasteiger partial charge in [-0.25, -0.2) is 9.59 Å². The molecule has 0 bridgehead atoms. The molecule has 5 saturated heterocycles. The maximum absolute atomic E-state index is 14.1. The lowest BCUT2D eigenvalue weighted by Gasteiger charge is -2.50. The van der Waals surface area contributed by atoms with Gasteiger partial charge in [-0.1, -0.05) is 191 Å². The highest BCUT2D eigenvalue weighted by atomic mass is 28.4. The zero-order chi connectivity index (χ0) is 62.2. The van der Waals surface area contributed by atoms with E-state index in [9.17, 15) is 30.1 Å². The molecule has 5 aromatic carbocycles. The number of aliphatic hydroxyl groups excluding tert-OH is 2. The van der Waals surface area contributed by atoms with Gasteiger partial charge < -0.3 is 72.6 Å². The molecular weight excluding hydrogens is 1160 g/mol. The molecule has 2 amide bonds. The number of hydrogen-bond acceptors (Lipinski definition) is 17. The van der Waals surface area contributed by atoms with Gasteiger partial charge in [0, 0.05) is 17.3 Å². The minimum Gasteiger partial charge on any atom is -0.459 e. The molecule has 0 radical (unpaired) electrons. The van der Waals surface area contributed by atoms with Crippen LogP contribution in [-0.2, 0) is 69.8 Å². The van der Waals surface area contributed by atoms with Crippen LogP contribution in [0.2, 0.25) is 5.04 Å². The molecule has 4 N–H and O–H groups in total. The van der Waals surface area contributed by atoms with Crippen LogP contribution >= 0.6 is 0 Å². The van der Waals surface area contributed by atoms with Crippen molar-refractivity contribution in [2.45, 2.75) is 196 Å². The van der Waals surface area contributed by atoms with Gasteiger partial charge in [-0.15, -0.1) is 0 Å². The molecule has 6 fully saturated rings. The van der Waals surface area contributed by atoms with Crippen molar-refractivity contribution in [2.24, 2.45) is 17.0 Å². The summed E-state index contributed by atoms with van der Waals surface area (Å²) in [6.45, 7) is 10.1. The SMILES string of the molecule is CC[C@H]1O[C@@H](O[C@@H]2[C@H]3OC(=O)C[C@@H]3C[C@H](C)[C@H]2O[C@H]2O[C@H](CN=[N+]=[N-])[C@@H](O)C[C@H]2NC(=O)OCc2ccccc2)[C@H](O[Si](c2ccccc2)(c2ccccc2)C(C)(C)C)[C@@H]1O[C@H]1O[C@H]2CCC(c3ccccc3)O[C@H]2[C@H](O)[C@H]1NC(=O)OCc1ccccc1. The third-order valence-electron chi connectivity index (χ3n) is 18.1.